The van der Waals surface area contributed by atoms with Crippen molar-refractivity contribution in [2.45, 2.75) is 20.3 Å². The number of nitrogens with one attached hydrogen (secondary N) is 3. The summed E-state index contributed by atoms with van der Waals surface area (Å²) in [6, 6.07) is 23.0. The molecule has 3 aromatic rings. The molecule has 0 unspecified atom stereocenters. The van der Waals surface area contributed by atoms with Gasteiger partial charge in [0.15, 0.2) is 5.11 Å². The van der Waals surface area contributed by atoms with Crippen molar-refractivity contribution < 1.29 is 14.3 Å². The van der Waals surface area contributed by atoms with Crippen LogP contribution in [-0.2, 0) is 0 Å². The van der Waals surface area contributed by atoms with Gasteiger partial charge in [-0.25, -0.2) is 0 Å². The minimum atomic E-state index is -0.324. The fourth-order valence-electron chi connectivity index (χ4n) is 2.92. The monoisotopic (exact) mass is 461 g/mol. The van der Waals surface area contributed by atoms with E-state index < -0.39 is 0 Å². The van der Waals surface area contributed by atoms with Gasteiger partial charge in [0.25, 0.3) is 11.8 Å². The van der Waals surface area contributed by atoms with Crippen LogP contribution >= 0.6 is 12.2 Å². The quantitative estimate of drug-likeness (QED) is 0.387. The van der Waals surface area contributed by atoms with E-state index in [0.717, 1.165) is 12.2 Å². The molecular weight excluding hydrogens is 434 g/mol. The summed E-state index contributed by atoms with van der Waals surface area (Å²) in [5, 5.41) is 8.63. The number of ether oxygens (including phenoxy) is 1. The lowest BCUT2D eigenvalue weighted by atomic mass is 10.1. The van der Waals surface area contributed by atoms with Crippen LogP contribution in [-0.4, -0.2) is 23.5 Å². The molecule has 0 bridgehead atoms. The molecule has 0 aliphatic heterocycles. The summed E-state index contributed by atoms with van der Waals surface area (Å²) in [6.45, 7) is 4.93. The van der Waals surface area contributed by atoms with Crippen molar-refractivity contribution in [2.75, 3.05) is 17.2 Å². The van der Waals surface area contributed by atoms with E-state index in [2.05, 4.69) is 29.8 Å². The van der Waals surface area contributed by atoms with Gasteiger partial charge in [-0.1, -0.05) is 38.1 Å². The topological polar surface area (TPSA) is 79.5 Å². The maximum absolute atomic E-state index is 12.5. The van der Waals surface area contributed by atoms with Crippen LogP contribution in [0.4, 0.5) is 11.4 Å². The van der Waals surface area contributed by atoms with E-state index in [-0.39, 0.29) is 16.9 Å². The van der Waals surface area contributed by atoms with Gasteiger partial charge in [0.1, 0.15) is 5.75 Å². The number of hydrogen-bond donors (Lipinski definition) is 3. The Kier molecular flexibility index (Phi) is 8.55. The first kappa shape index (κ1) is 23.9. The Morgan fingerprint density at radius 3 is 2.12 bits per heavy atom. The van der Waals surface area contributed by atoms with Gasteiger partial charge in [0.2, 0.25) is 0 Å². The van der Waals surface area contributed by atoms with E-state index in [1.54, 1.807) is 60.7 Å². The first-order valence-corrected chi connectivity index (χ1v) is 11.1. The first-order chi connectivity index (χ1) is 15.9. The molecule has 6 nitrogen and oxygen atoms in total. The van der Waals surface area contributed by atoms with E-state index in [4.69, 9.17) is 17.0 Å². The van der Waals surface area contributed by atoms with Gasteiger partial charge in [-0.2, -0.15) is 0 Å². The molecule has 0 aliphatic rings. The Morgan fingerprint density at radius 2 is 1.45 bits per heavy atom. The zero-order chi connectivity index (χ0) is 23.6. The smallest absolute Gasteiger partial charge is 0.257 e. The lowest BCUT2D eigenvalue weighted by molar-refractivity contribution is 0.0976. The van der Waals surface area contributed by atoms with E-state index in [9.17, 15) is 9.59 Å². The molecule has 0 spiro atoms. The van der Waals surface area contributed by atoms with Gasteiger partial charge in [-0.05, 0) is 79.2 Å². The highest BCUT2D eigenvalue weighted by atomic mass is 32.1. The van der Waals surface area contributed by atoms with Crippen LogP contribution in [0.3, 0.4) is 0 Å². The molecule has 0 radical (unpaired) electrons. The fraction of sp³-hybridized carbons (Fsp3) is 0.192. The third-order valence-electron chi connectivity index (χ3n) is 4.72. The van der Waals surface area contributed by atoms with Gasteiger partial charge >= 0.3 is 0 Å². The zero-order valence-electron chi connectivity index (χ0n) is 18.6. The highest BCUT2D eigenvalue weighted by Gasteiger charge is 2.10. The standard InChI is InChI=1S/C26H27N3O3S/c1-18(2)15-16-32-23-13-11-20(12-14-23)25(31)29-26(33)28-22-10-6-9-21(17-22)27-24(30)19-7-4-3-5-8-19/h3-14,17-18H,15-16H2,1-2H3,(H,27,30)(H2,28,29,31,33). The number of benzene rings is 3. The molecule has 0 saturated heterocycles. The Hall–Kier alpha value is -3.71. The Labute approximate surface area is 199 Å². The van der Waals surface area contributed by atoms with Gasteiger partial charge < -0.3 is 15.4 Å². The summed E-state index contributed by atoms with van der Waals surface area (Å²) >= 11 is 5.27. The second kappa shape index (κ2) is 11.8. The van der Waals surface area contributed by atoms with E-state index in [0.29, 0.717) is 35.0 Å². The molecule has 0 fully saturated rings. The molecule has 3 N–H and O–H groups in total. The lowest BCUT2D eigenvalue weighted by Gasteiger charge is -2.12. The summed E-state index contributed by atoms with van der Waals surface area (Å²) in [5.74, 6) is 0.765. The molecular formula is C26H27N3O3S. The molecule has 7 heteroatoms. The summed E-state index contributed by atoms with van der Waals surface area (Å²) in [6.07, 6.45) is 0.972. The predicted octanol–water partition coefficient (Wildman–Crippen LogP) is 5.49. The van der Waals surface area contributed by atoms with Gasteiger partial charge in [0, 0.05) is 22.5 Å². The van der Waals surface area contributed by atoms with Crippen LogP contribution in [0.5, 0.6) is 5.75 Å². The Balaban J connectivity index is 1.52. The van der Waals surface area contributed by atoms with Crippen LogP contribution < -0.4 is 20.7 Å². The van der Waals surface area contributed by atoms with Crippen molar-refractivity contribution >= 4 is 40.5 Å². The van der Waals surface area contributed by atoms with E-state index in [1.165, 1.54) is 0 Å². The average molecular weight is 462 g/mol. The lowest BCUT2D eigenvalue weighted by Crippen LogP contribution is -2.34. The highest BCUT2D eigenvalue weighted by Crippen LogP contribution is 2.17. The second-order valence-corrected chi connectivity index (χ2v) is 8.27. The number of carbonyl (C=O) groups excluding carboxylic acids is 2. The molecule has 0 saturated carbocycles. The number of carbonyl (C=O) groups is 2. The van der Waals surface area contributed by atoms with Crippen molar-refractivity contribution in [3.05, 3.63) is 90.0 Å². The number of rotatable bonds is 8. The van der Waals surface area contributed by atoms with E-state index in [1.807, 2.05) is 18.2 Å². The summed E-state index contributed by atoms with van der Waals surface area (Å²) in [7, 11) is 0. The molecule has 3 rings (SSSR count). The van der Waals surface area contributed by atoms with Crippen molar-refractivity contribution in [3.8, 4) is 5.75 Å². The third kappa shape index (κ3) is 7.73. The Bertz CT molecular complexity index is 1100. The van der Waals surface area contributed by atoms with E-state index >= 15 is 0 Å². The predicted molar refractivity (Wildman–Crippen MR) is 136 cm³/mol. The van der Waals surface area contributed by atoms with Gasteiger partial charge in [-0.3, -0.25) is 14.9 Å². The van der Waals surface area contributed by atoms with Crippen LogP contribution in [0.1, 0.15) is 41.0 Å². The summed E-state index contributed by atoms with van der Waals surface area (Å²) in [5.41, 5.74) is 2.28. The molecule has 2 amide bonds. The second-order valence-electron chi connectivity index (χ2n) is 7.86. The number of amides is 2. The minimum Gasteiger partial charge on any atom is -0.494 e. The van der Waals surface area contributed by atoms with Crippen LogP contribution in [0.2, 0.25) is 0 Å². The van der Waals surface area contributed by atoms with Gasteiger partial charge in [-0.15, -0.1) is 0 Å². The van der Waals surface area contributed by atoms with Crippen molar-refractivity contribution in [2.24, 2.45) is 5.92 Å². The molecule has 0 heterocycles. The van der Waals surface area contributed by atoms with Crippen molar-refractivity contribution in [3.63, 3.8) is 0 Å². The maximum Gasteiger partial charge on any atom is 0.257 e. The molecule has 33 heavy (non-hydrogen) atoms. The highest BCUT2D eigenvalue weighted by molar-refractivity contribution is 7.80. The van der Waals surface area contributed by atoms with Crippen LogP contribution in [0, 0.1) is 5.92 Å². The van der Waals surface area contributed by atoms with Gasteiger partial charge in [0.05, 0.1) is 6.61 Å². The maximum atomic E-state index is 12.5. The summed E-state index contributed by atoms with van der Waals surface area (Å²) in [4.78, 5) is 24.8. The SMILES string of the molecule is CC(C)CCOc1ccc(C(=O)NC(=S)Nc2cccc(NC(=O)c3ccccc3)c2)cc1. The number of hydrogen-bond acceptors (Lipinski definition) is 4. The molecule has 0 atom stereocenters. The normalized spacial score (nSPS) is 10.4. The van der Waals surface area contributed by atoms with Crippen molar-refractivity contribution in [1.82, 2.24) is 5.32 Å². The molecule has 170 valence electrons. The van der Waals surface area contributed by atoms with Crippen LogP contribution in [0.15, 0.2) is 78.9 Å². The molecule has 3 aromatic carbocycles. The zero-order valence-corrected chi connectivity index (χ0v) is 19.4. The van der Waals surface area contributed by atoms with Crippen LogP contribution in [0.25, 0.3) is 0 Å². The first-order valence-electron chi connectivity index (χ1n) is 10.7. The minimum absolute atomic E-state index is 0.156. The molecule has 0 aliphatic carbocycles. The average Bonchev–Trinajstić information content (AvgIpc) is 2.80. The fourth-order valence-corrected chi connectivity index (χ4v) is 3.13. The number of thiocarbonyl (C=S) groups is 1. The van der Waals surface area contributed by atoms with Crippen molar-refractivity contribution in [1.29, 1.82) is 0 Å². The molecule has 0 aromatic heterocycles. The third-order valence-corrected chi connectivity index (χ3v) is 4.93. The number of anilines is 2. The Morgan fingerprint density at radius 1 is 0.818 bits per heavy atom. The summed E-state index contributed by atoms with van der Waals surface area (Å²) < 4.78 is 5.68. The largest absolute Gasteiger partial charge is 0.494 e.